The van der Waals surface area contributed by atoms with Crippen molar-refractivity contribution in [2.24, 2.45) is 0 Å². The number of furan rings is 1. The van der Waals surface area contributed by atoms with E-state index < -0.39 is 0 Å². The molecule has 0 N–H and O–H groups in total. The van der Waals surface area contributed by atoms with Crippen molar-refractivity contribution in [2.45, 2.75) is 0 Å². The zero-order valence-electron chi connectivity index (χ0n) is 39.6. The normalized spacial score (nSPS) is 11.9. The molecule has 0 amide bonds. The van der Waals surface area contributed by atoms with Crippen LogP contribution in [0.25, 0.3) is 98.4 Å². The van der Waals surface area contributed by atoms with Crippen LogP contribution in [0.15, 0.2) is 4.42 Å². The summed E-state index contributed by atoms with van der Waals surface area (Å²) in [6.07, 6.45) is 0. The van der Waals surface area contributed by atoms with E-state index in [4.69, 9.17) is 224 Å². The summed E-state index contributed by atoms with van der Waals surface area (Å²) < 4.78 is 6.19. The van der Waals surface area contributed by atoms with Crippen molar-refractivity contribution >= 4 is 438 Å². The first kappa shape index (κ1) is 54.0. The van der Waals surface area contributed by atoms with E-state index in [9.17, 15) is 0 Å². The van der Waals surface area contributed by atoms with Crippen LogP contribution in [-0.2, 0) is 0 Å². The van der Waals surface area contributed by atoms with Crippen molar-refractivity contribution in [2.75, 3.05) is 0 Å². The van der Waals surface area contributed by atoms with Crippen LogP contribution in [0.4, 0.5) is 0 Å². The first-order chi connectivity index (χ1) is 35.0. The number of hydrogen-bond acceptors (Lipinski definition) is 1. The van der Waals surface area contributed by atoms with Gasteiger partial charge in [-0.15, -0.1) is 49.2 Å². The summed E-state index contributed by atoms with van der Waals surface area (Å²) in [7, 11) is 191. The average Bonchev–Trinajstić information content (AvgIpc) is 3.80. The van der Waals surface area contributed by atoms with Gasteiger partial charge in [-0.3, -0.25) is 0 Å². The van der Waals surface area contributed by atoms with Crippen molar-refractivity contribution in [3.8, 4) is 33.4 Å². The summed E-state index contributed by atoms with van der Waals surface area (Å²) in [5, 5.41) is 0.450. The molecule has 0 saturated heterocycles. The second-order valence-corrected chi connectivity index (χ2v) is 18.3. The second-order valence-electron chi connectivity index (χ2n) is 18.3. The van der Waals surface area contributed by atoms with Gasteiger partial charge in [0.15, 0.2) is 0 Å². The summed E-state index contributed by atoms with van der Waals surface area (Å²) >= 11 is 0. The molecule has 0 aliphatic rings. The van der Waals surface area contributed by atoms with Crippen molar-refractivity contribution in [3.63, 3.8) is 0 Å². The Labute approximate surface area is 472 Å². The van der Waals surface area contributed by atoms with Crippen LogP contribution in [0.5, 0.6) is 0 Å². The average molecular weight is 871 g/mol. The van der Waals surface area contributed by atoms with E-state index in [1.165, 1.54) is 0 Å². The summed E-state index contributed by atoms with van der Waals surface area (Å²) in [4.78, 5) is 0. The molecular weight excluding hydrogens is 871 g/mol. The lowest BCUT2D eigenvalue weighted by Gasteiger charge is -2.33. The number of rotatable bonds is 3. The van der Waals surface area contributed by atoms with Gasteiger partial charge in [0.1, 0.15) is 231 Å². The molecule has 1 aromatic heterocycles. The zero-order valence-corrected chi connectivity index (χ0v) is 39.6. The first-order valence-electron chi connectivity index (χ1n) is 22.0. The monoisotopic (exact) mass is 876 g/mol. The molecule has 29 heteroatoms. The molecule has 0 saturated carbocycles. The topological polar surface area (TPSA) is 13.1 Å². The SMILES string of the molecule is [B]c1c([B])c(-c2c([B])c([B])c3c([B])c([B])c4c([B])c([B])c([B])c([B])c4c3c2[B])c([B])c(-c2c3c([B])c([B])c([B])c([B])c3c(-c3c([B])c([B])c4oc5c([B])c([B])c([B])c([B])c5c4c3[B])c3c([B])c([B])c([B])c([B])c23)c1[B]. The van der Waals surface area contributed by atoms with Crippen LogP contribution >= 0.6 is 0 Å². The van der Waals surface area contributed by atoms with Gasteiger partial charge in [-0.25, -0.2) is 0 Å². The highest BCUT2D eigenvalue weighted by Gasteiger charge is 2.31. The van der Waals surface area contributed by atoms with Crippen LogP contribution in [0.1, 0.15) is 0 Å². The lowest BCUT2D eigenvalue weighted by Crippen LogP contribution is -2.52. The fourth-order valence-electron chi connectivity index (χ4n) is 10.7. The Kier molecular flexibility index (Phi) is 13.0. The van der Waals surface area contributed by atoms with E-state index in [0.717, 1.165) is 0 Å². The largest absolute Gasteiger partial charge is 0.457 e. The number of hydrogen-bond donors (Lipinski definition) is 0. The first-order valence-corrected chi connectivity index (χ1v) is 22.0. The highest BCUT2D eigenvalue weighted by molar-refractivity contribution is 6.78. The minimum atomic E-state index is -0.281. The Balaban J connectivity index is 1.48. The van der Waals surface area contributed by atoms with E-state index in [1.54, 1.807) is 0 Å². The predicted octanol–water partition coefficient (Wildman–Crippen LogP) is -20.6. The van der Waals surface area contributed by atoms with E-state index in [1.807, 2.05) is 0 Å². The van der Waals surface area contributed by atoms with E-state index in [-0.39, 0.29) is 251 Å². The van der Waals surface area contributed by atoms with E-state index >= 15 is 0 Å². The number of benzene rings is 9. The Morgan fingerprint density at radius 2 is 0.307 bits per heavy atom. The van der Waals surface area contributed by atoms with Crippen molar-refractivity contribution in [1.29, 1.82) is 0 Å². The van der Waals surface area contributed by atoms with Crippen molar-refractivity contribution in [1.82, 2.24) is 0 Å². The molecule has 1 heterocycles. The van der Waals surface area contributed by atoms with Crippen LogP contribution in [0, 0.1) is 0 Å². The minimum Gasteiger partial charge on any atom is -0.457 e. The molecule has 0 aliphatic heterocycles. The maximum atomic E-state index is 7.42. The van der Waals surface area contributed by atoms with Crippen LogP contribution in [-0.4, -0.2) is 220 Å². The Bertz CT molecular complexity index is 4360. The van der Waals surface area contributed by atoms with Gasteiger partial charge in [0, 0.05) is 10.8 Å². The molecule has 1 nitrogen and oxygen atoms in total. The lowest BCUT2D eigenvalue weighted by atomic mass is 9.55. The summed E-state index contributed by atoms with van der Waals surface area (Å²) in [6, 6.07) is 0. The Morgan fingerprint density at radius 1 is 0.120 bits per heavy atom. The van der Waals surface area contributed by atoms with Gasteiger partial charge in [-0.1, -0.05) is 104 Å². The second kappa shape index (κ2) is 18.1. The van der Waals surface area contributed by atoms with Gasteiger partial charge >= 0.3 is 0 Å². The third-order valence-electron chi connectivity index (χ3n) is 14.7. The predicted molar refractivity (Wildman–Crippen MR) is 351 cm³/mol. The van der Waals surface area contributed by atoms with E-state index in [2.05, 4.69) is 0 Å². The molecule has 0 aliphatic carbocycles. The molecular formula is C46B28O. The van der Waals surface area contributed by atoms with Gasteiger partial charge in [-0.2, -0.15) is 0 Å². The molecule has 0 unspecified atom stereocenters. The lowest BCUT2D eigenvalue weighted by molar-refractivity contribution is 0.675. The molecule has 0 bridgehead atoms. The highest BCUT2D eigenvalue weighted by atomic mass is 16.3. The molecule has 10 rings (SSSR count). The maximum absolute atomic E-state index is 7.42. The molecule has 0 atom stereocenters. The quantitative estimate of drug-likeness (QED) is 0.0979. The van der Waals surface area contributed by atoms with E-state index in [0.29, 0.717) is 0 Å². The van der Waals surface area contributed by atoms with Gasteiger partial charge in [0.05, 0.1) is 0 Å². The van der Waals surface area contributed by atoms with Gasteiger partial charge in [-0.05, 0) is 76.5 Å². The number of fused-ring (bicyclic) bond motifs is 8. The Morgan fingerprint density at radius 3 is 0.707 bits per heavy atom. The molecule has 9 aromatic carbocycles. The van der Waals surface area contributed by atoms with Crippen LogP contribution in [0.2, 0.25) is 0 Å². The Hall–Kier alpha value is -4.36. The molecule has 0 fully saturated rings. The summed E-state index contributed by atoms with van der Waals surface area (Å²) in [5.74, 6) is 0. The smallest absolute Gasteiger partial charge is 0.127 e. The van der Waals surface area contributed by atoms with Crippen LogP contribution < -0.4 is 153 Å². The van der Waals surface area contributed by atoms with Crippen LogP contribution in [0.3, 0.4) is 0 Å². The molecule has 10 aromatic rings. The standard InChI is InChI=1S/C46B28O/c47-17-7-8-12(30(60)40(70)39(69)24(8)54)27(57)25(55)11(7)26(56)28(58)13(17)14-18(48)9(29(59)34(64)31(14)61)1-3-5(22(52)37(67)35(65)20(3)50)2(6-4(1)21(51)36(66)38(68)23(6)53)10-19(49)15-16-33(63)41(71)42(72)44(74)46(16)75-45(15)43(73)32(10)62. The third kappa shape index (κ3) is 6.85. The zero-order chi connectivity index (χ0) is 55.3. The van der Waals surface area contributed by atoms with Gasteiger partial charge in [0.2, 0.25) is 0 Å². The van der Waals surface area contributed by atoms with Crippen molar-refractivity contribution in [3.05, 3.63) is 0 Å². The molecule has 0 spiro atoms. The minimum absolute atomic E-state index is 0.00452. The summed E-state index contributed by atoms with van der Waals surface area (Å²) in [6.45, 7) is 0. The van der Waals surface area contributed by atoms with Gasteiger partial charge < -0.3 is 4.42 Å². The van der Waals surface area contributed by atoms with Gasteiger partial charge in [0.25, 0.3) is 0 Å². The van der Waals surface area contributed by atoms with Crippen molar-refractivity contribution < 1.29 is 4.42 Å². The maximum Gasteiger partial charge on any atom is 0.127 e. The third-order valence-corrected chi connectivity index (χ3v) is 14.7. The fraction of sp³-hybridized carbons (Fsp3) is 0. The highest BCUT2D eigenvalue weighted by Crippen LogP contribution is 2.40. The molecule has 56 radical (unpaired) electrons. The fourth-order valence-corrected chi connectivity index (χ4v) is 10.7. The summed E-state index contributed by atoms with van der Waals surface area (Å²) in [5.41, 5.74) is -5.04. The molecule has 75 heavy (non-hydrogen) atoms. The molecule has 274 valence electrons.